The van der Waals surface area contributed by atoms with Crippen molar-refractivity contribution in [3.63, 3.8) is 0 Å². The zero-order valence-electron chi connectivity index (χ0n) is 8.76. The second-order valence-corrected chi connectivity index (χ2v) is 4.65. The van der Waals surface area contributed by atoms with Crippen LogP contribution in [0.4, 0.5) is 0 Å². The van der Waals surface area contributed by atoms with E-state index in [1.165, 1.54) is 10.8 Å². The number of hydrogen-bond donors (Lipinski definition) is 1. The average molecular weight is 228 g/mol. The van der Waals surface area contributed by atoms with Crippen LogP contribution in [0.25, 0.3) is 10.8 Å². The minimum Gasteiger partial charge on any atom is -0.315 e. The Morgan fingerprint density at radius 1 is 1.19 bits per heavy atom. The van der Waals surface area contributed by atoms with Crippen molar-refractivity contribution < 1.29 is 0 Å². The van der Waals surface area contributed by atoms with Crippen LogP contribution in [-0.4, -0.2) is 11.8 Å². The van der Waals surface area contributed by atoms with Crippen molar-refractivity contribution in [2.24, 2.45) is 5.73 Å². The van der Waals surface area contributed by atoms with E-state index in [4.69, 9.17) is 11.0 Å². The summed E-state index contributed by atoms with van der Waals surface area (Å²) in [6.07, 6.45) is 0. The van der Waals surface area contributed by atoms with Gasteiger partial charge in [0.25, 0.3) is 0 Å². The number of benzene rings is 2. The first-order valence-corrected chi connectivity index (χ1v) is 6.05. The largest absolute Gasteiger partial charge is 0.315 e. The predicted molar refractivity (Wildman–Crippen MR) is 68.3 cm³/mol. The highest BCUT2D eigenvalue weighted by atomic mass is 32.2. The molecule has 0 spiro atoms. The maximum absolute atomic E-state index is 8.60. The van der Waals surface area contributed by atoms with Gasteiger partial charge < -0.3 is 5.73 Å². The van der Waals surface area contributed by atoms with Gasteiger partial charge in [-0.2, -0.15) is 5.26 Å². The van der Waals surface area contributed by atoms with Gasteiger partial charge in [-0.1, -0.05) is 30.3 Å². The highest BCUT2D eigenvalue weighted by molar-refractivity contribution is 7.99. The lowest BCUT2D eigenvalue weighted by atomic mass is 10.1. The Bertz CT molecular complexity index is 531. The van der Waals surface area contributed by atoms with Crippen LogP contribution in [0.5, 0.6) is 0 Å². The van der Waals surface area contributed by atoms with E-state index in [0.717, 1.165) is 4.90 Å². The summed E-state index contributed by atoms with van der Waals surface area (Å²) < 4.78 is 0. The summed E-state index contributed by atoms with van der Waals surface area (Å²) in [6.45, 7) is 0. The molecule has 2 aromatic rings. The molecular weight excluding hydrogens is 216 g/mol. The minimum absolute atomic E-state index is 0.392. The maximum atomic E-state index is 8.60. The quantitative estimate of drug-likeness (QED) is 0.822. The minimum atomic E-state index is -0.392. The number of rotatable bonds is 3. The van der Waals surface area contributed by atoms with E-state index in [1.54, 1.807) is 11.8 Å². The molecule has 2 rings (SSSR count). The van der Waals surface area contributed by atoms with E-state index >= 15 is 0 Å². The Kier molecular flexibility index (Phi) is 3.45. The normalized spacial score (nSPS) is 12.2. The predicted octanol–water partition coefficient (Wildman–Crippen LogP) is 2.78. The second-order valence-electron chi connectivity index (χ2n) is 3.56. The summed E-state index contributed by atoms with van der Waals surface area (Å²) in [5.41, 5.74) is 5.55. The van der Waals surface area contributed by atoms with Crippen LogP contribution in [0.15, 0.2) is 47.4 Å². The SMILES string of the molecule is N#CC(N)CSc1ccc2ccccc2c1. The second kappa shape index (κ2) is 5.02. The highest BCUT2D eigenvalue weighted by Gasteiger charge is 2.02. The molecule has 1 unspecified atom stereocenters. The van der Waals surface area contributed by atoms with E-state index in [9.17, 15) is 0 Å². The highest BCUT2D eigenvalue weighted by Crippen LogP contribution is 2.23. The van der Waals surface area contributed by atoms with Gasteiger partial charge in [-0.15, -0.1) is 11.8 Å². The molecule has 0 saturated carbocycles. The molecule has 2 nitrogen and oxygen atoms in total. The molecule has 0 radical (unpaired) electrons. The number of nitriles is 1. The van der Waals surface area contributed by atoms with Gasteiger partial charge in [-0.3, -0.25) is 0 Å². The third-order valence-electron chi connectivity index (χ3n) is 2.32. The lowest BCUT2D eigenvalue weighted by molar-refractivity contribution is 0.953. The van der Waals surface area contributed by atoms with Gasteiger partial charge in [0.1, 0.15) is 6.04 Å². The molecule has 0 aliphatic rings. The maximum Gasteiger partial charge on any atom is 0.102 e. The van der Waals surface area contributed by atoms with Gasteiger partial charge >= 0.3 is 0 Å². The molecular formula is C13H12N2S. The molecule has 0 saturated heterocycles. The van der Waals surface area contributed by atoms with Crippen LogP contribution >= 0.6 is 11.8 Å². The summed E-state index contributed by atoms with van der Waals surface area (Å²) in [5, 5.41) is 11.0. The van der Waals surface area contributed by atoms with Crippen molar-refractivity contribution in [2.75, 3.05) is 5.75 Å². The van der Waals surface area contributed by atoms with E-state index in [1.807, 2.05) is 18.2 Å². The van der Waals surface area contributed by atoms with Crippen LogP contribution in [0.1, 0.15) is 0 Å². The molecule has 0 aromatic heterocycles. The zero-order chi connectivity index (χ0) is 11.4. The molecule has 1 atom stereocenters. The first kappa shape index (κ1) is 11.0. The van der Waals surface area contributed by atoms with Crippen LogP contribution in [0.3, 0.4) is 0 Å². The smallest absolute Gasteiger partial charge is 0.102 e. The van der Waals surface area contributed by atoms with Crippen LogP contribution in [0, 0.1) is 11.3 Å². The van der Waals surface area contributed by atoms with E-state index < -0.39 is 6.04 Å². The van der Waals surface area contributed by atoms with Crippen molar-refractivity contribution in [2.45, 2.75) is 10.9 Å². The lowest BCUT2D eigenvalue weighted by Gasteiger charge is -2.04. The molecule has 0 bridgehead atoms. The van der Waals surface area contributed by atoms with Crippen molar-refractivity contribution in [1.82, 2.24) is 0 Å². The van der Waals surface area contributed by atoms with Crippen LogP contribution in [-0.2, 0) is 0 Å². The van der Waals surface area contributed by atoms with Crippen molar-refractivity contribution >= 4 is 22.5 Å². The van der Waals surface area contributed by atoms with E-state index in [2.05, 4.69) is 30.3 Å². The monoisotopic (exact) mass is 228 g/mol. The standard InChI is InChI=1S/C13H12N2S/c14-8-12(15)9-16-13-6-5-10-3-1-2-4-11(10)7-13/h1-7,12H,9,15H2. The molecule has 0 amide bonds. The summed E-state index contributed by atoms with van der Waals surface area (Å²) in [5.74, 6) is 0.634. The summed E-state index contributed by atoms with van der Waals surface area (Å²) in [7, 11) is 0. The summed E-state index contributed by atoms with van der Waals surface area (Å²) in [6, 6.07) is 16.2. The molecule has 16 heavy (non-hydrogen) atoms. The third-order valence-corrected chi connectivity index (χ3v) is 3.43. The van der Waals surface area contributed by atoms with Crippen LogP contribution in [0.2, 0.25) is 0 Å². The van der Waals surface area contributed by atoms with E-state index in [-0.39, 0.29) is 0 Å². The van der Waals surface area contributed by atoms with Gasteiger partial charge in [0.15, 0.2) is 0 Å². The van der Waals surface area contributed by atoms with Crippen LogP contribution < -0.4 is 5.73 Å². The Morgan fingerprint density at radius 3 is 2.69 bits per heavy atom. The molecule has 0 heterocycles. The number of hydrogen-bond acceptors (Lipinski definition) is 3. The topological polar surface area (TPSA) is 49.8 Å². The summed E-state index contributed by atoms with van der Waals surface area (Å²) in [4.78, 5) is 1.16. The lowest BCUT2D eigenvalue weighted by Crippen LogP contribution is -2.19. The Balaban J connectivity index is 2.17. The van der Waals surface area contributed by atoms with Gasteiger partial charge in [0, 0.05) is 10.6 Å². The Morgan fingerprint density at radius 2 is 1.94 bits per heavy atom. The Labute approximate surface area is 99.1 Å². The van der Waals surface area contributed by atoms with Crippen molar-refractivity contribution in [3.05, 3.63) is 42.5 Å². The summed E-state index contributed by atoms with van der Waals surface area (Å²) >= 11 is 1.62. The number of thioether (sulfide) groups is 1. The number of nitrogens with zero attached hydrogens (tertiary/aromatic N) is 1. The first-order chi connectivity index (χ1) is 7.79. The molecule has 2 N–H and O–H groups in total. The molecule has 2 aromatic carbocycles. The van der Waals surface area contributed by atoms with Crippen molar-refractivity contribution in [3.8, 4) is 6.07 Å². The molecule has 0 fully saturated rings. The molecule has 0 aliphatic carbocycles. The van der Waals surface area contributed by atoms with Gasteiger partial charge in [0.05, 0.1) is 6.07 Å². The molecule has 80 valence electrons. The fourth-order valence-corrected chi connectivity index (χ4v) is 2.30. The molecule has 0 aliphatic heterocycles. The van der Waals surface area contributed by atoms with Gasteiger partial charge in [0.2, 0.25) is 0 Å². The van der Waals surface area contributed by atoms with E-state index in [0.29, 0.717) is 5.75 Å². The fraction of sp³-hybridized carbons (Fsp3) is 0.154. The Hall–Kier alpha value is -1.50. The number of fused-ring (bicyclic) bond motifs is 1. The fourth-order valence-electron chi connectivity index (χ4n) is 1.48. The third kappa shape index (κ3) is 2.54. The first-order valence-electron chi connectivity index (χ1n) is 5.06. The van der Waals surface area contributed by atoms with Gasteiger partial charge in [-0.05, 0) is 22.9 Å². The average Bonchev–Trinajstić information content (AvgIpc) is 2.35. The van der Waals surface area contributed by atoms with Crippen molar-refractivity contribution in [1.29, 1.82) is 5.26 Å². The number of nitrogens with two attached hydrogens (primary N) is 1. The molecule has 3 heteroatoms. The van der Waals surface area contributed by atoms with Gasteiger partial charge in [-0.25, -0.2) is 0 Å². The zero-order valence-corrected chi connectivity index (χ0v) is 9.58.